The number of hydrogen-bond acceptors (Lipinski definition) is 5. The maximum atomic E-state index is 4.94. The van der Waals surface area contributed by atoms with E-state index in [0.717, 1.165) is 61.3 Å². The smallest absolute Gasteiger partial charge is 0.165 e. The van der Waals surface area contributed by atoms with Gasteiger partial charge < -0.3 is 5.32 Å². The van der Waals surface area contributed by atoms with E-state index in [9.17, 15) is 0 Å². The second kappa shape index (κ2) is 9.06. The van der Waals surface area contributed by atoms with E-state index < -0.39 is 0 Å². The van der Waals surface area contributed by atoms with Gasteiger partial charge in [0.2, 0.25) is 0 Å². The van der Waals surface area contributed by atoms with Gasteiger partial charge in [0.1, 0.15) is 10.8 Å². The molecule has 0 aliphatic rings. The van der Waals surface area contributed by atoms with Crippen molar-refractivity contribution in [1.82, 2.24) is 19.7 Å². The van der Waals surface area contributed by atoms with Crippen LogP contribution in [0.25, 0.3) is 38.5 Å². The lowest BCUT2D eigenvalue weighted by molar-refractivity contribution is 0.878. The standard InChI is InChI=1S/C30H25N5S/c1-19-18-26(32-29-27(19)20(2)34-35(29)25-12-8-5-9-13-25)31-24-16-14-22(15-17-24)28-21(3)36-30(33-28)23-10-6-4-7-11-23/h4-18H,1-3H3,(H,31,32). The molecule has 6 heteroatoms. The number of benzene rings is 3. The lowest BCUT2D eigenvalue weighted by Crippen LogP contribution is -2.00. The average Bonchev–Trinajstić information content (AvgIpc) is 3.46. The van der Waals surface area contributed by atoms with Crippen LogP contribution in [-0.4, -0.2) is 19.7 Å². The average molecular weight is 488 g/mol. The number of aromatic nitrogens is 4. The molecule has 0 amide bonds. The lowest BCUT2D eigenvalue weighted by atomic mass is 10.1. The van der Waals surface area contributed by atoms with Crippen LogP contribution in [0.1, 0.15) is 16.1 Å². The van der Waals surface area contributed by atoms with Crippen molar-refractivity contribution >= 4 is 33.9 Å². The molecule has 0 spiro atoms. The molecule has 36 heavy (non-hydrogen) atoms. The van der Waals surface area contributed by atoms with E-state index in [1.807, 2.05) is 60.1 Å². The van der Waals surface area contributed by atoms with Crippen molar-refractivity contribution in [2.24, 2.45) is 0 Å². The fourth-order valence-corrected chi connectivity index (χ4v) is 5.49. The van der Waals surface area contributed by atoms with Crippen molar-refractivity contribution in [3.05, 3.63) is 107 Å². The molecule has 0 unspecified atom stereocenters. The van der Waals surface area contributed by atoms with Crippen LogP contribution in [0.4, 0.5) is 11.5 Å². The summed E-state index contributed by atoms with van der Waals surface area (Å²) in [6, 6.07) is 30.9. The van der Waals surface area contributed by atoms with Gasteiger partial charge in [-0.3, -0.25) is 0 Å². The lowest BCUT2D eigenvalue weighted by Gasteiger charge is -2.10. The minimum Gasteiger partial charge on any atom is -0.340 e. The van der Waals surface area contributed by atoms with Crippen molar-refractivity contribution in [3.63, 3.8) is 0 Å². The predicted octanol–water partition coefficient (Wildman–Crippen LogP) is 7.88. The van der Waals surface area contributed by atoms with Crippen LogP contribution in [0.2, 0.25) is 0 Å². The number of pyridine rings is 1. The summed E-state index contributed by atoms with van der Waals surface area (Å²) in [5.74, 6) is 0.793. The Kier molecular flexibility index (Phi) is 5.58. The summed E-state index contributed by atoms with van der Waals surface area (Å²) in [6.07, 6.45) is 0. The highest BCUT2D eigenvalue weighted by Gasteiger charge is 2.15. The van der Waals surface area contributed by atoms with Crippen LogP contribution in [0.3, 0.4) is 0 Å². The highest BCUT2D eigenvalue weighted by atomic mass is 32.1. The van der Waals surface area contributed by atoms with Gasteiger partial charge in [-0.05, 0) is 56.7 Å². The summed E-state index contributed by atoms with van der Waals surface area (Å²) in [5.41, 5.74) is 8.23. The van der Waals surface area contributed by atoms with Crippen LogP contribution in [-0.2, 0) is 0 Å². The summed E-state index contributed by atoms with van der Waals surface area (Å²) in [5, 5.41) is 10.4. The molecule has 0 aliphatic carbocycles. The van der Waals surface area contributed by atoms with E-state index in [0.29, 0.717) is 0 Å². The van der Waals surface area contributed by atoms with Gasteiger partial charge in [0.05, 0.1) is 17.1 Å². The summed E-state index contributed by atoms with van der Waals surface area (Å²) in [4.78, 5) is 11.1. The molecule has 176 valence electrons. The molecular weight excluding hydrogens is 462 g/mol. The van der Waals surface area contributed by atoms with Gasteiger partial charge >= 0.3 is 0 Å². The van der Waals surface area contributed by atoms with Gasteiger partial charge in [0, 0.05) is 27.1 Å². The quantitative estimate of drug-likeness (QED) is 0.269. The number of anilines is 2. The molecule has 3 aromatic heterocycles. The van der Waals surface area contributed by atoms with Crippen molar-refractivity contribution in [2.45, 2.75) is 20.8 Å². The molecule has 6 rings (SSSR count). The number of para-hydroxylation sites is 1. The molecule has 0 aliphatic heterocycles. The van der Waals surface area contributed by atoms with E-state index in [1.54, 1.807) is 11.3 Å². The second-order valence-corrected chi connectivity index (χ2v) is 10.1. The Morgan fingerprint density at radius 1 is 0.750 bits per heavy atom. The predicted molar refractivity (Wildman–Crippen MR) is 149 cm³/mol. The Bertz CT molecular complexity index is 1670. The zero-order chi connectivity index (χ0) is 24.6. The van der Waals surface area contributed by atoms with Crippen molar-refractivity contribution < 1.29 is 0 Å². The Balaban J connectivity index is 1.30. The number of fused-ring (bicyclic) bond motifs is 1. The maximum absolute atomic E-state index is 4.94. The number of nitrogens with zero attached hydrogens (tertiary/aromatic N) is 4. The molecule has 1 N–H and O–H groups in total. The number of thiazole rings is 1. The first kappa shape index (κ1) is 22.2. The fourth-order valence-electron chi connectivity index (χ4n) is 4.54. The zero-order valence-electron chi connectivity index (χ0n) is 20.4. The van der Waals surface area contributed by atoms with Gasteiger partial charge in [-0.1, -0.05) is 60.7 Å². The molecule has 3 aromatic carbocycles. The van der Waals surface area contributed by atoms with Gasteiger partial charge in [-0.15, -0.1) is 11.3 Å². The van der Waals surface area contributed by atoms with Gasteiger partial charge in [-0.2, -0.15) is 5.10 Å². The van der Waals surface area contributed by atoms with Crippen LogP contribution in [0.5, 0.6) is 0 Å². The van der Waals surface area contributed by atoms with Crippen LogP contribution in [0, 0.1) is 20.8 Å². The normalized spacial score (nSPS) is 11.2. The molecule has 0 bridgehead atoms. The molecule has 0 saturated carbocycles. The van der Waals surface area contributed by atoms with Crippen molar-refractivity contribution in [2.75, 3.05) is 5.32 Å². The summed E-state index contributed by atoms with van der Waals surface area (Å²) >= 11 is 1.73. The Labute approximate surface area is 214 Å². The summed E-state index contributed by atoms with van der Waals surface area (Å²) in [7, 11) is 0. The van der Waals surface area contributed by atoms with E-state index >= 15 is 0 Å². The third-order valence-electron chi connectivity index (χ3n) is 6.26. The first-order valence-electron chi connectivity index (χ1n) is 11.9. The van der Waals surface area contributed by atoms with Crippen LogP contribution >= 0.6 is 11.3 Å². The Morgan fingerprint density at radius 2 is 1.44 bits per heavy atom. The molecule has 6 aromatic rings. The van der Waals surface area contributed by atoms with Crippen molar-refractivity contribution in [1.29, 1.82) is 0 Å². The summed E-state index contributed by atoms with van der Waals surface area (Å²) < 4.78 is 1.92. The fraction of sp³-hybridized carbons (Fsp3) is 0.100. The first-order chi connectivity index (χ1) is 17.6. The minimum atomic E-state index is 0.793. The zero-order valence-corrected chi connectivity index (χ0v) is 21.2. The van der Waals surface area contributed by atoms with Gasteiger partial charge in [0.15, 0.2) is 5.65 Å². The molecule has 0 radical (unpaired) electrons. The first-order valence-corrected chi connectivity index (χ1v) is 12.7. The molecule has 3 heterocycles. The molecule has 0 fully saturated rings. The monoisotopic (exact) mass is 487 g/mol. The molecule has 0 atom stereocenters. The maximum Gasteiger partial charge on any atom is 0.165 e. The second-order valence-electron chi connectivity index (χ2n) is 8.85. The topological polar surface area (TPSA) is 55.6 Å². The minimum absolute atomic E-state index is 0.793. The number of aryl methyl sites for hydroxylation is 3. The Hall–Kier alpha value is -4.29. The van der Waals surface area contributed by atoms with E-state index in [4.69, 9.17) is 15.1 Å². The van der Waals surface area contributed by atoms with Crippen LogP contribution < -0.4 is 5.32 Å². The third kappa shape index (κ3) is 4.06. The van der Waals surface area contributed by atoms with E-state index in [2.05, 4.69) is 61.6 Å². The number of nitrogens with one attached hydrogen (secondary N) is 1. The van der Waals surface area contributed by atoms with Crippen LogP contribution in [0.15, 0.2) is 91.0 Å². The molecule has 0 saturated heterocycles. The number of rotatable bonds is 5. The molecular formula is C30H25N5S. The van der Waals surface area contributed by atoms with Crippen molar-refractivity contribution in [3.8, 4) is 27.5 Å². The SMILES string of the molecule is Cc1sc(-c2ccccc2)nc1-c1ccc(Nc2cc(C)c3c(C)nn(-c4ccccc4)c3n2)cc1. The molecule has 5 nitrogen and oxygen atoms in total. The van der Waals surface area contributed by atoms with E-state index in [-0.39, 0.29) is 0 Å². The highest BCUT2D eigenvalue weighted by Crippen LogP contribution is 2.34. The third-order valence-corrected chi connectivity index (χ3v) is 7.28. The van der Waals surface area contributed by atoms with E-state index in [1.165, 1.54) is 4.88 Å². The van der Waals surface area contributed by atoms with Gasteiger partial charge in [-0.25, -0.2) is 14.6 Å². The number of hydrogen-bond donors (Lipinski definition) is 1. The summed E-state index contributed by atoms with van der Waals surface area (Å²) in [6.45, 7) is 6.27. The van der Waals surface area contributed by atoms with Gasteiger partial charge in [0.25, 0.3) is 0 Å². The largest absolute Gasteiger partial charge is 0.340 e. The Morgan fingerprint density at radius 3 is 2.17 bits per heavy atom. The highest BCUT2D eigenvalue weighted by molar-refractivity contribution is 7.15.